The average Bonchev–Trinajstić information content (AvgIpc) is 2.78. The summed E-state index contributed by atoms with van der Waals surface area (Å²) in [6.45, 7) is 6.99. The van der Waals surface area contributed by atoms with Crippen molar-refractivity contribution >= 4 is 22.9 Å². The van der Waals surface area contributed by atoms with Gasteiger partial charge in [-0.2, -0.15) is 0 Å². The molecule has 0 atom stereocenters. The fourth-order valence-corrected chi connectivity index (χ4v) is 2.61. The molecular formula is C13H16ClN3S. The molecule has 1 heterocycles. The highest BCUT2D eigenvalue weighted by Gasteiger charge is 2.10. The van der Waals surface area contributed by atoms with Gasteiger partial charge in [0.25, 0.3) is 0 Å². The maximum atomic E-state index is 6.12. The summed E-state index contributed by atoms with van der Waals surface area (Å²) in [5.41, 5.74) is 2.12. The van der Waals surface area contributed by atoms with Crippen LogP contribution in [0.2, 0.25) is 5.02 Å². The molecular weight excluding hydrogens is 266 g/mol. The zero-order chi connectivity index (χ0) is 13.1. The first-order chi connectivity index (χ1) is 8.58. The van der Waals surface area contributed by atoms with E-state index in [1.54, 1.807) is 11.3 Å². The predicted octanol–water partition coefficient (Wildman–Crippen LogP) is 3.66. The predicted molar refractivity (Wildman–Crippen MR) is 77.1 cm³/mol. The van der Waals surface area contributed by atoms with E-state index >= 15 is 0 Å². The van der Waals surface area contributed by atoms with Crippen LogP contribution in [0.15, 0.2) is 18.2 Å². The third-order valence-corrected chi connectivity index (χ3v) is 3.99. The lowest BCUT2D eigenvalue weighted by Gasteiger charge is -2.04. The van der Waals surface area contributed by atoms with Crippen molar-refractivity contribution in [2.45, 2.75) is 33.4 Å². The monoisotopic (exact) mass is 281 g/mol. The number of halogens is 1. The fourth-order valence-electron chi connectivity index (χ4n) is 1.56. The van der Waals surface area contributed by atoms with Gasteiger partial charge in [0.2, 0.25) is 0 Å². The number of hydrogen-bond donors (Lipinski definition) is 1. The summed E-state index contributed by atoms with van der Waals surface area (Å²) in [4.78, 5) is 0. The van der Waals surface area contributed by atoms with Crippen LogP contribution in [0.3, 0.4) is 0 Å². The van der Waals surface area contributed by atoms with Crippen LogP contribution in [0.5, 0.6) is 0 Å². The Morgan fingerprint density at radius 1 is 1.33 bits per heavy atom. The van der Waals surface area contributed by atoms with Gasteiger partial charge in [0, 0.05) is 23.2 Å². The first-order valence-corrected chi connectivity index (χ1v) is 7.08. The number of aromatic nitrogens is 2. The molecule has 2 aromatic rings. The molecule has 2 rings (SSSR count). The van der Waals surface area contributed by atoms with Crippen LogP contribution < -0.4 is 5.32 Å². The van der Waals surface area contributed by atoms with Gasteiger partial charge in [0.05, 0.1) is 0 Å². The van der Waals surface area contributed by atoms with Gasteiger partial charge in [-0.3, -0.25) is 0 Å². The van der Waals surface area contributed by atoms with Crippen LogP contribution in [-0.2, 0) is 6.54 Å². The minimum absolute atomic E-state index is 0.449. The molecule has 1 aromatic carbocycles. The molecule has 0 aliphatic heterocycles. The zero-order valence-electron chi connectivity index (χ0n) is 10.7. The third kappa shape index (κ3) is 3.07. The second-order valence-corrected chi connectivity index (χ2v) is 5.92. The Labute approximate surface area is 116 Å². The topological polar surface area (TPSA) is 37.8 Å². The lowest BCUT2D eigenvalue weighted by atomic mass is 10.1. The number of rotatable bonds is 4. The minimum Gasteiger partial charge on any atom is -0.308 e. The molecule has 1 N–H and O–H groups in total. The van der Waals surface area contributed by atoms with Crippen molar-refractivity contribution in [3.05, 3.63) is 33.8 Å². The Morgan fingerprint density at radius 3 is 2.83 bits per heavy atom. The second kappa shape index (κ2) is 5.78. The molecule has 0 saturated carbocycles. The standard InChI is InChI=1S/C13H16ClN3S/c1-8(2)15-7-12-16-17-13(18-12)10-5-4-6-11(14)9(10)3/h4-6,8,15H,7H2,1-3H3. The quantitative estimate of drug-likeness (QED) is 0.929. The molecule has 0 unspecified atom stereocenters. The van der Waals surface area contributed by atoms with Crippen molar-refractivity contribution in [2.75, 3.05) is 0 Å². The molecule has 3 nitrogen and oxygen atoms in total. The van der Waals surface area contributed by atoms with E-state index in [1.807, 2.05) is 25.1 Å². The van der Waals surface area contributed by atoms with Crippen molar-refractivity contribution in [1.82, 2.24) is 15.5 Å². The number of benzene rings is 1. The summed E-state index contributed by atoms with van der Waals surface area (Å²) in [5.74, 6) is 0. The van der Waals surface area contributed by atoms with Crippen LogP contribution >= 0.6 is 22.9 Å². The van der Waals surface area contributed by atoms with Crippen molar-refractivity contribution in [3.8, 4) is 10.6 Å². The molecule has 0 aliphatic carbocycles. The molecule has 0 bridgehead atoms. The van der Waals surface area contributed by atoms with Gasteiger partial charge < -0.3 is 5.32 Å². The Hall–Kier alpha value is -0.970. The van der Waals surface area contributed by atoms with Gasteiger partial charge >= 0.3 is 0 Å². The highest BCUT2D eigenvalue weighted by molar-refractivity contribution is 7.14. The van der Waals surface area contributed by atoms with Crippen molar-refractivity contribution < 1.29 is 0 Å². The third-order valence-electron chi connectivity index (χ3n) is 2.63. The largest absolute Gasteiger partial charge is 0.308 e. The van der Waals surface area contributed by atoms with Crippen molar-refractivity contribution in [1.29, 1.82) is 0 Å². The Morgan fingerprint density at radius 2 is 2.11 bits per heavy atom. The van der Waals surface area contributed by atoms with E-state index in [0.717, 1.165) is 32.7 Å². The SMILES string of the molecule is Cc1c(Cl)cccc1-c1nnc(CNC(C)C)s1. The first kappa shape index (κ1) is 13.5. The van der Waals surface area contributed by atoms with E-state index < -0.39 is 0 Å². The van der Waals surface area contributed by atoms with Gasteiger partial charge in [0.15, 0.2) is 0 Å². The lowest BCUT2D eigenvalue weighted by Crippen LogP contribution is -2.21. The summed E-state index contributed by atoms with van der Waals surface area (Å²) < 4.78 is 0. The maximum Gasteiger partial charge on any atom is 0.148 e. The summed E-state index contributed by atoms with van der Waals surface area (Å²) >= 11 is 7.72. The van der Waals surface area contributed by atoms with Gasteiger partial charge in [-0.1, -0.05) is 48.9 Å². The molecule has 0 fully saturated rings. The van der Waals surface area contributed by atoms with E-state index in [2.05, 4.69) is 29.4 Å². The lowest BCUT2D eigenvalue weighted by molar-refractivity contribution is 0.585. The molecule has 96 valence electrons. The number of nitrogens with one attached hydrogen (secondary N) is 1. The second-order valence-electron chi connectivity index (χ2n) is 4.45. The summed E-state index contributed by atoms with van der Waals surface area (Å²) in [5, 5.41) is 14.5. The van der Waals surface area contributed by atoms with Gasteiger partial charge in [0.1, 0.15) is 10.0 Å². The van der Waals surface area contributed by atoms with E-state index in [9.17, 15) is 0 Å². The van der Waals surface area contributed by atoms with Gasteiger partial charge in [-0.05, 0) is 18.6 Å². The molecule has 0 radical (unpaired) electrons. The smallest absolute Gasteiger partial charge is 0.148 e. The average molecular weight is 282 g/mol. The molecule has 0 saturated heterocycles. The Balaban J connectivity index is 2.21. The maximum absolute atomic E-state index is 6.12. The summed E-state index contributed by atoms with van der Waals surface area (Å²) in [6, 6.07) is 6.31. The van der Waals surface area contributed by atoms with Crippen LogP contribution in [0, 0.1) is 6.92 Å². The van der Waals surface area contributed by atoms with Gasteiger partial charge in [-0.15, -0.1) is 10.2 Å². The zero-order valence-corrected chi connectivity index (χ0v) is 12.3. The van der Waals surface area contributed by atoms with Crippen molar-refractivity contribution in [2.24, 2.45) is 0 Å². The van der Waals surface area contributed by atoms with Crippen LogP contribution in [0.4, 0.5) is 0 Å². The van der Waals surface area contributed by atoms with Crippen molar-refractivity contribution in [3.63, 3.8) is 0 Å². The molecule has 5 heteroatoms. The minimum atomic E-state index is 0.449. The normalized spacial score (nSPS) is 11.2. The molecule has 0 amide bonds. The van der Waals surface area contributed by atoms with Crippen LogP contribution in [0.1, 0.15) is 24.4 Å². The van der Waals surface area contributed by atoms with E-state index in [1.165, 1.54) is 0 Å². The van der Waals surface area contributed by atoms with Crippen LogP contribution in [0.25, 0.3) is 10.6 Å². The number of hydrogen-bond acceptors (Lipinski definition) is 4. The highest BCUT2D eigenvalue weighted by atomic mass is 35.5. The van der Waals surface area contributed by atoms with E-state index in [4.69, 9.17) is 11.6 Å². The summed E-state index contributed by atoms with van der Waals surface area (Å²) in [6.07, 6.45) is 0. The summed E-state index contributed by atoms with van der Waals surface area (Å²) in [7, 11) is 0. The van der Waals surface area contributed by atoms with Crippen LogP contribution in [-0.4, -0.2) is 16.2 Å². The molecule has 0 aliphatic rings. The molecule has 1 aromatic heterocycles. The van der Waals surface area contributed by atoms with Gasteiger partial charge in [-0.25, -0.2) is 0 Å². The Bertz CT molecular complexity index is 537. The Kier molecular flexibility index (Phi) is 4.32. The van der Waals surface area contributed by atoms with E-state index in [-0.39, 0.29) is 0 Å². The van der Waals surface area contributed by atoms with E-state index in [0.29, 0.717) is 6.04 Å². The number of nitrogens with zero attached hydrogens (tertiary/aromatic N) is 2. The molecule has 0 spiro atoms. The fraction of sp³-hybridized carbons (Fsp3) is 0.385. The first-order valence-electron chi connectivity index (χ1n) is 5.89. The highest BCUT2D eigenvalue weighted by Crippen LogP contribution is 2.30. The molecule has 18 heavy (non-hydrogen) atoms.